The predicted octanol–water partition coefficient (Wildman–Crippen LogP) is 1.56. The second-order valence-corrected chi connectivity index (χ2v) is 8.14. The van der Waals surface area contributed by atoms with Crippen molar-refractivity contribution in [1.29, 1.82) is 0 Å². The first-order chi connectivity index (χ1) is 16.0. The van der Waals surface area contributed by atoms with Crippen molar-refractivity contribution in [3.05, 3.63) is 35.5 Å². The van der Waals surface area contributed by atoms with E-state index in [1.165, 1.54) is 0 Å². The van der Waals surface area contributed by atoms with Crippen molar-refractivity contribution in [2.75, 3.05) is 80.2 Å². The standard InChI is InChI=1S/C23H30N6O4/c1-16(30)29-7-6-17-14-18(4-5-20(17)29)24-22(31)19-15-21(27(2)8-11-32-3)26-23(25-19)28-9-12-33-13-10-28/h4-5,14-15H,6-13H2,1-3H3,(H,24,31). The Hall–Kier alpha value is -3.24. The van der Waals surface area contributed by atoms with Gasteiger partial charge in [-0.3, -0.25) is 9.59 Å². The number of amides is 2. The Morgan fingerprint density at radius 3 is 2.70 bits per heavy atom. The molecule has 2 aromatic rings. The van der Waals surface area contributed by atoms with Crippen molar-refractivity contribution in [2.45, 2.75) is 13.3 Å². The van der Waals surface area contributed by atoms with Gasteiger partial charge in [0.2, 0.25) is 11.9 Å². The number of nitrogens with zero attached hydrogens (tertiary/aromatic N) is 5. The number of carbonyl (C=O) groups excluding carboxylic acids is 2. The molecule has 0 bridgehead atoms. The Bertz CT molecular complexity index is 1020. The lowest BCUT2D eigenvalue weighted by Crippen LogP contribution is -2.38. The van der Waals surface area contributed by atoms with E-state index in [2.05, 4.69) is 15.3 Å². The number of morpholine rings is 1. The lowest BCUT2D eigenvalue weighted by Gasteiger charge is -2.28. The average Bonchev–Trinajstić information content (AvgIpc) is 3.26. The SMILES string of the molecule is COCCN(C)c1cc(C(=O)Nc2ccc3c(c2)CCN3C(C)=O)nc(N2CCOCC2)n1. The molecule has 0 radical (unpaired) electrons. The minimum absolute atomic E-state index is 0.0206. The van der Waals surface area contributed by atoms with Crippen LogP contribution in [0.1, 0.15) is 23.0 Å². The summed E-state index contributed by atoms with van der Waals surface area (Å²) in [6.07, 6.45) is 0.766. The molecule has 0 spiro atoms. The number of aromatic nitrogens is 2. The smallest absolute Gasteiger partial charge is 0.274 e. The van der Waals surface area contributed by atoms with Crippen LogP contribution in [0.25, 0.3) is 0 Å². The van der Waals surface area contributed by atoms with Crippen LogP contribution in [0.15, 0.2) is 24.3 Å². The first-order valence-electron chi connectivity index (χ1n) is 11.1. The normalized spacial score (nSPS) is 15.4. The molecule has 0 unspecified atom stereocenters. The van der Waals surface area contributed by atoms with E-state index in [0.29, 0.717) is 63.5 Å². The number of rotatable bonds is 7. The van der Waals surface area contributed by atoms with Crippen LogP contribution in [0, 0.1) is 0 Å². The second-order valence-electron chi connectivity index (χ2n) is 8.14. The highest BCUT2D eigenvalue weighted by molar-refractivity contribution is 6.04. The highest BCUT2D eigenvalue weighted by Crippen LogP contribution is 2.30. The van der Waals surface area contributed by atoms with Gasteiger partial charge in [0.15, 0.2) is 0 Å². The van der Waals surface area contributed by atoms with Gasteiger partial charge in [-0.2, -0.15) is 4.98 Å². The van der Waals surface area contributed by atoms with Gasteiger partial charge in [0.25, 0.3) is 5.91 Å². The molecule has 0 saturated carbocycles. The van der Waals surface area contributed by atoms with Crippen molar-refractivity contribution in [3.63, 3.8) is 0 Å². The van der Waals surface area contributed by atoms with Gasteiger partial charge in [-0.15, -0.1) is 0 Å². The monoisotopic (exact) mass is 454 g/mol. The van der Waals surface area contributed by atoms with Crippen molar-refractivity contribution in [3.8, 4) is 0 Å². The number of ether oxygens (including phenoxy) is 2. The number of anilines is 4. The van der Waals surface area contributed by atoms with Gasteiger partial charge < -0.3 is 29.5 Å². The van der Waals surface area contributed by atoms with Crippen molar-refractivity contribution >= 4 is 35.0 Å². The first kappa shape index (κ1) is 22.9. The van der Waals surface area contributed by atoms with E-state index >= 15 is 0 Å². The molecular weight excluding hydrogens is 424 g/mol. The second kappa shape index (κ2) is 10.1. The van der Waals surface area contributed by atoms with Crippen LogP contribution >= 0.6 is 0 Å². The summed E-state index contributed by atoms with van der Waals surface area (Å²) in [6.45, 7) is 5.94. The summed E-state index contributed by atoms with van der Waals surface area (Å²) in [6, 6.07) is 7.31. The van der Waals surface area contributed by atoms with Gasteiger partial charge in [0.05, 0.1) is 19.8 Å². The number of benzene rings is 1. The van der Waals surface area contributed by atoms with Crippen LogP contribution in [0.2, 0.25) is 0 Å². The van der Waals surface area contributed by atoms with Crippen LogP contribution in [-0.2, 0) is 20.7 Å². The highest BCUT2D eigenvalue weighted by atomic mass is 16.5. The van der Waals surface area contributed by atoms with Gasteiger partial charge in [-0.1, -0.05) is 0 Å². The lowest BCUT2D eigenvalue weighted by molar-refractivity contribution is -0.116. The third-order valence-corrected chi connectivity index (χ3v) is 5.86. The molecular formula is C23H30N6O4. The number of hydrogen-bond donors (Lipinski definition) is 1. The van der Waals surface area contributed by atoms with E-state index in [1.807, 2.05) is 35.0 Å². The van der Waals surface area contributed by atoms with Crippen molar-refractivity contribution < 1.29 is 19.1 Å². The zero-order valence-electron chi connectivity index (χ0n) is 19.3. The topological polar surface area (TPSA) is 100 Å². The summed E-state index contributed by atoms with van der Waals surface area (Å²) in [5, 5.41) is 2.95. The maximum atomic E-state index is 13.2. The zero-order valence-corrected chi connectivity index (χ0v) is 19.3. The summed E-state index contributed by atoms with van der Waals surface area (Å²) >= 11 is 0. The molecule has 2 aliphatic rings. The molecule has 1 fully saturated rings. The van der Waals surface area contributed by atoms with Gasteiger partial charge in [0.1, 0.15) is 11.5 Å². The van der Waals surface area contributed by atoms with Gasteiger partial charge >= 0.3 is 0 Å². The minimum Gasteiger partial charge on any atom is -0.383 e. The Morgan fingerprint density at radius 1 is 1.18 bits per heavy atom. The number of nitrogens with one attached hydrogen (secondary N) is 1. The number of hydrogen-bond acceptors (Lipinski definition) is 8. The molecule has 10 nitrogen and oxygen atoms in total. The summed E-state index contributed by atoms with van der Waals surface area (Å²) in [4.78, 5) is 39.9. The molecule has 0 atom stereocenters. The molecule has 3 heterocycles. The molecule has 4 rings (SSSR count). The largest absolute Gasteiger partial charge is 0.383 e. The Balaban J connectivity index is 1.57. The van der Waals surface area contributed by atoms with E-state index < -0.39 is 0 Å². The Kier molecular flexibility index (Phi) is 7.05. The molecule has 1 aromatic heterocycles. The third kappa shape index (κ3) is 5.23. The fourth-order valence-electron chi connectivity index (χ4n) is 3.98. The van der Waals surface area contributed by atoms with E-state index in [4.69, 9.17) is 9.47 Å². The quantitative estimate of drug-likeness (QED) is 0.673. The molecule has 0 aliphatic carbocycles. The molecule has 33 heavy (non-hydrogen) atoms. The van der Waals surface area contributed by atoms with Crippen LogP contribution in [0.5, 0.6) is 0 Å². The lowest BCUT2D eigenvalue weighted by atomic mass is 10.1. The summed E-state index contributed by atoms with van der Waals surface area (Å²) in [7, 11) is 3.56. The number of fused-ring (bicyclic) bond motifs is 1. The predicted molar refractivity (Wildman–Crippen MR) is 126 cm³/mol. The third-order valence-electron chi connectivity index (χ3n) is 5.86. The number of methoxy groups -OCH3 is 1. The minimum atomic E-state index is -0.310. The van der Waals surface area contributed by atoms with Gasteiger partial charge in [0, 0.05) is 64.7 Å². The number of carbonyl (C=O) groups is 2. The Labute approximate surface area is 193 Å². The van der Waals surface area contributed by atoms with Crippen molar-refractivity contribution in [1.82, 2.24) is 9.97 Å². The molecule has 2 amide bonds. The molecule has 1 aromatic carbocycles. The van der Waals surface area contributed by atoms with Crippen LogP contribution in [0.4, 0.5) is 23.1 Å². The van der Waals surface area contributed by atoms with E-state index in [1.54, 1.807) is 25.0 Å². The van der Waals surface area contributed by atoms with Gasteiger partial charge in [-0.05, 0) is 30.2 Å². The zero-order chi connectivity index (χ0) is 23.4. The van der Waals surface area contributed by atoms with Crippen molar-refractivity contribution in [2.24, 2.45) is 0 Å². The Morgan fingerprint density at radius 2 is 1.97 bits per heavy atom. The number of likely N-dealkylation sites (N-methyl/N-ethyl adjacent to an activating group) is 1. The summed E-state index contributed by atoms with van der Waals surface area (Å²) in [5.41, 5.74) is 2.90. The fourth-order valence-corrected chi connectivity index (χ4v) is 3.98. The fraction of sp³-hybridized carbons (Fsp3) is 0.478. The molecule has 176 valence electrons. The molecule has 1 N–H and O–H groups in total. The van der Waals surface area contributed by atoms with Crippen LogP contribution < -0.4 is 20.0 Å². The molecule has 1 saturated heterocycles. The van der Waals surface area contributed by atoms with Crippen LogP contribution in [0.3, 0.4) is 0 Å². The summed E-state index contributed by atoms with van der Waals surface area (Å²) in [5.74, 6) is 0.873. The highest BCUT2D eigenvalue weighted by Gasteiger charge is 2.23. The van der Waals surface area contributed by atoms with E-state index in [0.717, 1.165) is 17.7 Å². The van der Waals surface area contributed by atoms with Gasteiger partial charge in [-0.25, -0.2) is 4.98 Å². The summed E-state index contributed by atoms with van der Waals surface area (Å²) < 4.78 is 10.6. The molecule has 2 aliphatic heterocycles. The maximum absolute atomic E-state index is 13.2. The molecule has 10 heteroatoms. The van der Waals surface area contributed by atoms with E-state index in [9.17, 15) is 9.59 Å². The maximum Gasteiger partial charge on any atom is 0.274 e. The van der Waals surface area contributed by atoms with Crippen LogP contribution in [-0.4, -0.2) is 81.9 Å². The average molecular weight is 455 g/mol. The first-order valence-corrected chi connectivity index (χ1v) is 11.1. The van der Waals surface area contributed by atoms with E-state index in [-0.39, 0.29) is 17.5 Å².